The fourth-order valence-corrected chi connectivity index (χ4v) is 3.42. The Kier molecular flexibility index (Phi) is 8.53. The van der Waals surface area contributed by atoms with E-state index in [1.54, 1.807) is 24.5 Å². The van der Waals surface area contributed by atoms with Crippen LogP contribution in [0.4, 0.5) is 4.39 Å². The number of aryl methyl sites for hydroxylation is 1. The van der Waals surface area contributed by atoms with Gasteiger partial charge >= 0.3 is 0 Å². The van der Waals surface area contributed by atoms with Crippen LogP contribution in [0.3, 0.4) is 0 Å². The van der Waals surface area contributed by atoms with Crippen LogP contribution in [0, 0.1) is 11.7 Å². The maximum Gasteiger partial charge on any atom is 0.221 e. The van der Waals surface area contributed by atoms with Gasteiger partial charge in [-0.3, -0.25) is 4.79 Å². The van der Waals surface area contributed by atoms with E-state index in [4.69, 9.17) is 5.73 Å². The van der Waals surface area contributed by atoms with Gasteiger partial charge < -0.3 is 15.6 Å². The maximum absolute atomic E-state index is 13.6. The Bertz CT molecular complexity index is 725. The Hall–Kier alpha value is -1.63. The molecule has 8 heteroatoms. The first-order valence-corrected chi connectivity index (χ1v) is 8.32. The molecule has 144 valence electrons. The quantitative estimate of drug-likeness (QED) is 0.806. The van der Waals surface area contributed by atoms with Crippen LogP contribution in [0.1, 0.15) is 43.1 Å². The number of aromatic nitrogens is 2. The molecule has 0 spiro atoms. The highest BCUT2D eigenvalue weighted by Crippen LogP contribution is 2.28. The summed E-state index contributed by atoms with van der Waals surface area (Å²) in [6.07, 6.45) is 6.91. The molecule has 0 radical (unpaired) electrons. The summed E-state index contributed by atoms with van der Waals surface area (Å²) >= 11 is 0. The van der Waals surface area contributed by atoms with Crippen LogP contribution in [0.25, 0.3) is 0 Å². The molecule has 26 heavy (non-hydrogen) atoms. The van der Waals surface area contributed by atoms with Crippen molar-refractivity contribution in [3.05, 3.63) is 53.9 Å². The van der Waals surface area contributed by atoms with Crippen LogP contribution in [-0.2, 0) is 11.8 Å². The predicted octanol–water partition coefficient (Wildman–Crippen LogP) is 3.13. The summed E-state index contributed by atoms with van der Waals surface area (Å²) in [5, 5.41) is 3.01. The number of imidazole rings is 1. The molecule has 1 aliphatic rings. The minimum Gasteiger partial charge on any atom is -0.342 e. The van der Waals surface area contributed by atoms with Crippen molar-refractivity contribution in [3.63, 3.8) is 0 Å². The lowest BCUT2D eigenvalue weighted by Gasteiger charge is -2.21. The largest absolute Gasteiger partial charge is 0.342 e. The minimum absolute atomic E-state index is 0. The Balaban J connectivity index is 0.00000169. The second-order valence-electron chi connectivity index (χ2n) is 6.51. The number of halogens is 3. The van der Waals surface area contributed by atoms with Crippen molar-refractivity contribution in [3.8, 4) is 0 Å². The van der Waals surface area contributed by atoms with Gasteiger partial charge in [0, 0.05) is 31.9 Å². The lowest BCUT2D eigenvalue weighted by atomic mass is 9.99. The molecule has 3 N–H and O–H groups in total. The number of hydrogen-bond acceptors (Lipinski definition) is 3. The first-order chi connectivity index (χ1) is 11.5. The minimum atomic E-state index is -0.481. The van der Waals surface area contributed by atoms with Crippen molar-refractivity contribution >= 4 is 30.7 Å². The number of carbonyl (C=O) groups excluding carboxylic acids is 1. The molecular weight excluding hydrogens is 378 g/mol. The van der Waals surface area contributed by atoms with Gasteiger partial charge in [-0.25, -0.2) is 9.37 Å². The van der Waals surface area contributed by atoms with Crippen LogP contribution in [0.5, 0.6) is 0 Å². The van der Waals surface area contributed by atoms with Gasteiger partial charge in [-0.2, -0.15) is 0 Å². The number of hydrogen-bond donors (Lipinski definition) is 2. The lowest BCUT2D eigenvalue weighted by Crippen LogP contribution is -2.35. The molecule has 1 heterocycles. The molecule has 2 aromatic rings. The van der Waals surface area contributed by atoms with Crippen LogP contribution in [-0.4, -0.2) is 21.5 Å². The van der Waals surface area contributed by atoms with Crippen molar-refractivity contribution in [2.24, 2.45) is 18.7 Å². The zero-order valence-corrected chi connectivity index (χ0v) is 16.2. The first kappa shape index (κ1) is 22.4. The van der Waals surface area contributed by atoms with Gasteiger partial charge in [0.2, 0.25) is 5.91 Å². The summed E-state index contributed by atoms with van der Waals surface area (Å²) in [6, 6.07) is 5.87. The Morgan fingerprint density at radius 2 is 2.19 bits per heavy atom. The Morgan fingerprint density at radius 3 is 2.77 bits per heavy atom. The molecule has 1 amide bonds. The van der Waals surface area contributed by atoms with E-state index in [1.165, 1.54) is 12.1 Å². The average molecular weight is 403 g/mol. The molecule has 0 saturated heterocycles. The molecule has 5 nitrogen and oxygen atoms in total. The van der Waals surface area contributed by atoms with E-state index in [2.05, 4.69) is 10.3 Å². The summed E-state index contributed by atoms with van der Waals surface area (Å²) in [6.45, 7) is 0. The number of benzene rings is 1. The van der Waals surface area contributed by atoms with Gasteiger partial charge in [-0.15, -0.1) is 24.8 Å². The summed E-state index contributed by atoms with van der Waals surface area (Å²) in [4.78, 5) is 16.8. The number of rotatable bonds is 5. The smallest absolute Gasteiger partial charge is 0.221 e. The summed E-state index contributed by atoms with van der Waals surface area (Å²) in [5.41, 5.74) is 6.74. The molecule has 1 unspecified atom stereocenters. The van der Waals surface area contributed by atoms with Gasteiger partial charge in [-0.05, 0) is 36.5 Å². The van der Waals surface area contributed by atoms with Crippen molar-refractivity contribution in [2.45, 2.75) is 37.8 Å². The molecule has 3 atom stereocenters. The van der Waals surface area contributed by atoms with Crippen LogP contribution < -0.4 is 11.1 Å². The normalized spacial score (nSPS) is 20.0. The summed E-state index contributed by atoms with van der Waals surface area (Å²) < 4.78 is 15.5. The highest BCUT2D eigenvalue weighted by atomic mass is 35.5. The molecule has 3 rings (SSSR count). The number of amides is 1. The maximum atomic E-state index is 13.6. The highest BCUT2D eigenvalue weighted by Gasteiger charge is 2.28. The molecule has 1 aromatic carbocycles. The third-order valence-electron chi connectivity index (χ3n) is 4.77. The number of nitrogens with two attached hydrogens (primary N) is 1. The van der Waals surface area contributed by atoms with E-state index >= 15 is 0 Å². The van der Waals surface area contributed by atoms with Gasteiger partial charge in [0.25, 0.3) is 0 Å². The number of carbonyl (C=O) groups is 1. The van der Waals surface area contributed by atoms with Crippen molar-refractivity contribution in [2.75, 3.05) is 0 Å². The van der Waals surface area contributed by atoms with Gasteiger partial charge in [0.1, 0.15) is 17.7 Å². The van der Waals surface area contributed by atoms with Gasteiger partial charge in [0.15, 0.2) is 0 Å². The van der Waals surface area contributed by atoms with E-state index in [-0.39, 0.29) is 48.5 Å². The number of nitrogens with zero attached hydrogens (tertiary/aromatic N) is 2. The van der Waals surface area contributed by atoms with Crippen LogP contribution in [0.2, 0.25) is 0 Å². The molecule has 1 fully saturated rings. The standard InChI is InChI=1S/C18H23FN4O.2ClH/c1-23-9-8-21-18(23)17(13-5-2-6-14(19)10-13)22-16(24)11-12-4-3-7-15(12)20;;/h2,5-6,8-10,12,15,17H,3-4,7,11,20H2,1H3,(H,22,24);2*1H/t12-,15+,17?;;/m0../s1. The molecule has 1 aromatic heterocycles. The highest BCUT2D eigenvalue weighted by molar-refractivity contribution is 5.85. The fraction of sp³-hybridized carbons (Fsp3) is 0.444. The van der Waals surface area contributed by atoms with Crippen LogP contribution >= 0.6 is 24.8 Å². The van der Waals surface area contributed by atoms with E-state index in [0.29, 0.717) is 17.8 Å². The van der Waals surface area contributed by atoms with Gasteiger partial charge in [-0.1, -0.05) is 18.6 Å². The van der Waals surface area contributed by atoms with Crippen molar-refractivity contribution < 1.29 is 9.18 Å². The Labute approximate surface area is 165 Å². The second kappa shape index (κ2) is 9.90. The fourth-order valence-electron chi connectivity index (χ4n) is 3.42. The lowest BCUT2D eigenvalue weighted by molar-refractivity contribution is -0.122. The third kappa shape index (κ3) is 5.19. The zero-order valence-electron chi connectivity index (χ0n) is 14.6. The van der Waals surface area contributed by atoms with E-state index in [0.717, 1.165) is 19.3 Å². The molecule has 0 aliphatic heterocycles. The zero-order chi connectivity index (χ0) is 17.1. The summed E-state index contributed by atoms with van der Waals surface area (Å²) in [5.74, 6) is 0.484. The monoisotopic (exact) mass is 402 g/mol. The second-order valence-corrected chi connectivity index (χ2v) is 6.51. The Morgan fingerprint density at radius 1 is 1.42 bits per heavy atom. The molecule has 0 bridgehead atoms. The molecule has 1 aliphatic carbocycles. The van der Waals surface area contributed by atoms with Gasteiger partial charge in [0.05, 0.1) is 0 Å². The van der Waals surface area contributed by atoms with E-state index in [9.17, 15) is 9.18 Å². The topological polar surface area (TPSA) is 72.9 Å². The van der Waals surface area contributed by atoms with E-state index < -0.39 is 6.04 Å². The van der Waals surface area contributed by atoms with Crippen molar-refractivity contribution in [1.29, 1.82) is 0 Å². The molecule has 1 saturated carbocycles. The first-order valence-electron chi connectivity index (χ1n) is 8.32. The average Bonchev–Trinajstić information content (AvgIpc) is 3.14. The number of nitrogens with one attached hydrogen (secondary N) is 1. The predicted molar refractivity (Wildman–Crippen MR) is 104 cm³/mol. The molecular formula is C18H25Cl2FN4O. The van der Waals surface area contributed by atoms with E-state index in [1.807, 2.05) is 11.6 Å². The van der Waals surface area contributed by atoms with Crippen LogP contribution in [0.15, 0.2) is 36.7 Å². The van der Waals surface area contributed by atoms with Crippen molar-refractivity contribution in [1.82, 2.24) is 14.9 Å². The SMILES string of the molecule is Cl.Cl.Cn1ccnc1C(NC(=O)C[C@@H]1CCC[C@H]1N)c1cccc(F)c1. The third-order valence-corrected chi connectivity index (χ3v) is 4.77. The summed E-state index contributed by atoms with van der Waals surface area (Å²) in [7, 11) is 1.85.